The summed E-state index contributed by atoms with van der Waals surface area (Å²) in [6, 6.07) is 17.4. The first-order chi connectivity index (χ1) is 13.9. The molecule has 0 saturated carbocycles. The van der Waals surface area contributed by atoms with Crippen LogP contribution in [0.4, 0.5) is 13.2 Å². The van der Waals surface area contributed by atoms with Gasteiger partial charge in [0.1, 0.15) is 11.4 Å². The number of aryl methyl sites for hydroxylation is 1. The lowest BCUT2D eigenvalue weighted by atomic mass is 10.0. The second-order valence-electron chi connectivity index (χ2n) is 6.54. The number of nitrogens with zero attached hydrogens (tertiary/aromatic N) is 3. The number of hydrogen-bond donors (Lipinski definition) is 0. The Bertz CT molecular complexity index is 1180. The van der Waals surface area contributed by atoms with E-state index in [4.69, 9.17) is 0 Å². The number of pyridine rings is 1. The van der Waals surface area contributed by atoms with E-state index in [1.165, 1.54) is 12.1 Å². The van der Waals surface area contributed by atoms with Gasteiger partial charge in [0.25, 0.3) is 0 Å². The van der Waals surface area contributed by atoms with Crippen molar-refractivity contribution >= 4 is 10.9 Å². The minimum absolute atomic E-state index is 0.194. The fourth-order valence-electron chi connectivity index (χ4n) is 3.02. The fraction of sp³-hybridized carbons (Fsp3) is 0.136. The van der Waals surface area contributed by atoms with Crippen LogP contribution in [0.2, 0.25) is 0 Å². The van der Waals surface area contributed by atoms with Gasteiger partial charge in [-0.05, 0) is 30.7 Å². The van der Waals surface area contributed by atoms with Crippen LogP contribution in [0, 0.1) is 6.92 Å². The first-order valence-corrected chi connectivity index (χ1v) is 8.91. The highest BCUT2D eigenvalue weighted by atomic mass is 19.4. The van der Waals surface area contributed by atoms with E-state index in [2.05, 4.69) is 19.7 Å². The largest absolute Gasteiger partial charge is 0.573 e. The molecular formula is C22H16F3N3O. The van der Waals surface area contributed by atoms with E-state index in [9.17, 15) is 13.2 Å². The summed E-state index contributed by atoms with van der Waals surface area (Å²) in [7, 11) is 0. The normalized spacial score (nSPS) is 11.6. The third-order valence-electron chi connectivity index (χ3n) is 4.48. The molecule has 0 radical (unpaired) electrons. The van der Waals surface area contributed by atoms with Gasteiger partial charge in [-0.2, -0.15) is 0 Å². The Kier molecular flexibility index (Phi) is 4.88. The van der Waals surface area contributed by atoms with Gasteiger partial charge in [0.05, 0.1) is 5.52 Å². The van der Waals surface area contributed by atoms with E-state index in [1.807, 2.05) is 37.3 Å². The monoisotopic (exact) mass is 395 g/mol. The molecule has 0 saturated heterocycles. The first kappa shape index (κ1) is 18.9. The Morgan fingerprint density at radius 1 is 0.897 bits per heavy atom. The molecule has 0 aliphatic carbocycles. The van der Waals surface area contributed by atoms with Gasteiger partial charge in [0, 0.05) is 29.3 Å². The van der Waals surface area contributed by atoms with Crippen LogP contribution in [0.3, 0.4) is 0 Å². The SMILES string of the molecule is Cc1ccc(-c2ncc3ccccc3n2)nc1Cc1ccccc1OC(F)(F)F. The average Bonchev–Trinajstić information content (AvgIpc) is 2.69. The molecule has 2 aromatic carbocycles. The van der Waals surface area contributed by atoms with Crippen molar-refractivity contribution in [1.82, 2.24) is 15.0 Å². The predicted octanol–water partition coefficient (Wildman–Crippen LogP) is 5.49. The molecule has 0 aliphatic rings. The molecule has 0 unspecified atom stereocenters. The summed E-state index contributed by atoms with van der Waals surface area (Å²) < 4.78 is 42.3. The Morgan fingerprint density at radius 2 is 1.66 bits per heavy atom. The van der Waals surface area contributed by atoms with Gasteiger partial charge >= 0.3 is 6.36 Å². The predicted molar refractivity (Wildman–Crippen MR) is 103 cm³/mol. The third-order valence-corrected chi connectivity index (χ3v) is 4.48. The van der Waals surface area contributed by atoms with Crippen LogP contribution in [0.25, 0.3) is 22.4 Å². The number of fused-ring (bicyclic) bond motifs is 1. The zero-order valence-corrected chi connectivity index (χ0v) is 15.4. The maximum absolute atomic E-state index is 12.7. The second kappa shape index (κ2) is 7.50. The van der Waals surface area contributed by atoms with E-state index in [0.29, 0.717) is 22.8 Å². The molecule has 29 heavy (non-hydrogen) atoms. The highest BCUT2D eigenvalue weighted by Gasteiger charge is 2.32. The lowest BCUT2D eigenvalue weighted by Crippen LogP contribution is -2.18. The van der Waals surface area contributed by atoms with Crippen LogP contribution >= 0.6 is 0 Å². The van der Waals surface area contributed by atoms with E-state index in [0.717, 1.165) is 16.5 Å². The number of para-hydroxylation sites is 2. The molecule has 4 nitrogen and oxygen atoms in total. The summed E-state index contributed by atoms with van der Waals surface area (Å²) in [5, 5.41) is 0.918. The summed E-state index contributed by atoms with van der Waals surface area (Å²) in [4.78, 5) is 13.5. The maximum atomic E-state index is 12.7. The molecule has 0 spiro atoms. The van der Waals surface area contributed by atoms with Crippen molar-refractivity contribution in [2.45, 2.75) is 19.7 Å². The summed E-state index contributed by atoms with van der Waals surface area (Å²) in [6.07, 6.45) is -2.83. The highest BCUT2D eigenvalue weighted by molar-refractivity contribution is 5.79. The molecule has 0 amide bonds. The molecule has 2 aromatic heterocycles. The van der Waals surface area contributed by atoms with E-state index < -0.39 is 6.36 Å². The Hall–Kier alpha value is -3.48. The van der Waals surface area contributed by atoms with E-state index in [1.54, 1.807) is 24.4 Å². The lowest BCUT2D eigenvalue weighted by Gasteiger charge is -2.14. The molecule has 2 heterocycles. The van der Waals surface area contributed by atoms with Crippen molar-refractivity contribution in [2.75, 3.05) is 0 Å². The third kappa shape index (κ3) is 4.34. The lowest BCUT2D eigenvalue weighted by molar-refractivity contribution is -0.274. The van der Waals surface area contributed by atoms with Gasteiger partial charge in [-0.15, -0.1) is 13.2 Å². The van der Waals surface area contributed by atoms with E-state index >= 15 is 0 Å². The number of halogens is 3. The molecular weight excluding hydrogens is 379 g/mol. The van der Waals surface area contributed by atoms with Crippen LogP contribution in [-0.4, -0.2) is 21.3 Å². The Morgan fingerprint density at radius 3 is 2.48 bits per heavy atom. The van der Waals surface area contributed by atoms with Gasteiger partial charge < -0.3 is 4.74 Å². The molecule has 0 aliphatic heterocycles. The number of aromatic nitrogens is 3. The number of hydrogen-bond acceptors (Lipinski definition) is 4. The van der Waals surface area contributed by atoms with Gasteiger partial charge in [-0.1, -0.05) is 42.5 Å². The van der Waals surface area contributed by atoms with Gasteiger partial charge in [-0.3, -0.25) is 0 Å². The first-order valence-electron chi connectivity index (χ1n) is 8.91. The Balaban J connectivity index is 1.69. The minimum Gasteiger partial charge on any atom is -0.405 e. The quantitative estimate of drug-likeness (QED) is 0.458. The number of ether oxygens (including phenoxy) is 1. The standard InChI is InChI=1S/C22H16F3N3O/c1-14-10-11-18(21-26-13-16-7-2-4-8-17(16)28-21)27-19(14)12-15-6-3-5-9-20(15)29-22(23,24)25/h2-11,13H,12H2,1H3. The van der Waals surface area contributed by atoms with E-state index in [-0.39, 0.29) is 12.2 Å². The van der Waals surface area contributed by atoms with Gasteiger partial charge in [-0.25, -0.2) is 15.0 Å². The fourth-order valence-corrected chi connectivity index (χ4v) is 3.02. The smallest absolute Gasteiger partial charge is 0.405 e. The summed E-state index contributed by atoms with van der Waals surface area (Å²) in [6.45, 7) is 1.86. The number of rotatable bonds is 4. The van der Waals surface area contributed by atoms with Gasteiger partial charge in [0.15, 0.2) is 5.82 Å². The number of benzene rings is 2. The molecule has 0 fully saturated rings. The van der Waals surface area contributed by atoms with Crippen LogP contribution in [0.5, 0.6) is 5.75 Å². The zero-order valence-electron chi connectivity index (χ0n) is 15.4. The molecule has 0 bridgehead atoms. The van der Waals surface area contributed by atoms with Gasteiger partial charge in [0.2, 0.25) is 0 Å². The minimum atomic E-state index is -4.75. The van der Waals surface area contributed by atoms with Crippen molar-refractivity contribution < 1.29 is 17.9 Å². The second-order valence-corrected chi connectivity index (χ2v) is 6.54. The number of alkyl halides is 3. The highest BCUT2D eigenvalue weighted by Crippen LogP contribution is 2.28. The molecule has 0 atom stereocenters. The maximum Gasteiger partial charge on any atom is 0.573 e. The van der Waals surface area contributed by atoms with Crippen molar-refractivity contribution in [3.05, 3.63) is 83.7 Å². The zero-order chi connectivity index (χ0) is 20.4. The summed E-state index contributed by atoms with van der Waals surface area (Å²) in [5.41, 5.74) is 3.25. The summed E-state index contributed by atoms with van der Waals surface area (Å²) >= 11 is 0. The van der Waals surface area contributed by atoms with Crippen LogP contribution in [0.1, 0.15) is 16.8 Å². The molecule has 7 heteroatoms. The summed E-state index contributed by atoms with van der Waals surface area (Å²) in [5.74, 6) is 0.235. The average molecular weight is 395 g/mol. The van der Waals surface area contributed by atoms with Crippen molar-refractivity contribution in [3.63, 3.8) is 0 Å². The van der Waals surface area contributed by atoms with Crippen LogP contribution in [0.15, 0.2) is 66.9 Å². The molecule has 4 rings (SSSR count). The van der Waals surface area contributed by atoms with Crippen molar-refractivity contribution in [1.29, 1.82) is 0 Å². The molecule has 146 valence electrons. The van der Waals surface area contributed by atoms with Crippen LogP contribution in [-0.2, 0) is 6.42 Å². The molecule has 4 aromatic rings. The van der Waals surface area contributed by atoms with Crippen molar-refractivity contribution in [2.24, 2.45) is 0 Å². The topological polar surface area (TPSA) is 47.9 Å². The van der Waals surface area contributed by atoms with Crippen LogP contribution < -0.4 is 4.74 Å². The Labute approximate surface area is 165 Å². The van der Waals surface area contributed by atoms with Crippen molar-refractivity contribution in [3.8, 4) is 17.3 Å². The molecule has 0 N–H and O–H groups in total.